The summed E-state index contributed by atoms with van der Waals surface area (Å²) >= 11 is 7.19. The number of ether oxygens (including phenoxy) is 2. The van der Waals surface area contributed by atoms with Crippen LogP contribution in [0.2, 0.25) is 0 Å². The lowest BCUT2D eigenvalue weighted by Crippen LogP contribution is -2.24. The zero-order valence-electron chi connectivity index (χ0n) is 9.73. The summed E-state index contributed by atoms with van der Waals surface area (Å²) in [5.41, 5.74) is 0.393. The molecule has 0 N–H and O–H groups in total. The molecule has 0 aliphatic rings. The van der Waals surface area contributed by atoms with Gasteiger partial charge in [0.25, 0.3) is 0 Å². The van der Waals surface area contributed by atoms with E-state index in [2.05, 4.69) is 38.8 Å². The lowest BCUT2D eigenvalue weighted by atomic mass is 9.85. The minimum absolute atomic E-state index is 0.393. The molecular weight excluding hydrogens is 324 g/mol. The van der Waals surface area contributed by atoms with E-state index in [9.17, 15) is 0 Å². The van der Waals surface area contributed by atoms with Gasteiger partial charge < -0.3 is 9.47 Å². The number of rotatable bonds is 10. The van der Waals surface area contributed by atoms with Crippen molar-refractivity contribution in [1.82, 2.24) is 0 Å². The van der Waals surface area contributed by atoms with E-state index < -0.39 is 0 Å². The van der Waals surface area contributed by atoms with Crippen molar-refractivity contribution >= 4 is 31.9 Å². The molecule has 0 unspecified atom stereocenters. The minimum atomic E-state index is 0.393. The molecule has 0 saturated heterocycles. The van der Waals surface area contributed by atoms with Crippen molar-refractivity contribution in [3.8, 4) is 0 Å². The molecular formula is C11H22Br2O2. The van der Waals surface area contributed by atoms with Crippen molar-refractivity contribution in [3.05, 3.63) is 0 Å². The molecule has 0 bridgehead atoms. The Hall–Kier alpha value is 0.880. The smallest absolute Gasteiger partial charge is 0.0700 e. The number of hydrogen-bond acceptors (Lipinski definition) is 2. The van der Waals surface area contributed by atoms with Crippen LogP contribution in [0.25, 0.3) is 0 Å². The second kappa shape index (κ2) is 10.1. The van der Waals surface area contributed by atoms with E-state index in [1.165, 1.54) is 12.8 Å². The van der Waals surface area contributed by atoms with E-state index in [1.807, 2.05) is 0 Å². The van der Waals surface area contributed by atoms with Crippen LogP contribution in [0.4, 0.5) is 0 Å². The Morgan fingerprint density at radius 1 is 1.07 bits per heavy atom. The standard InChI is InChI=1S/C11H22Br2O2/c1-3-11(9-12,10-13)5-4-6-15-8-7-14-2/h3-10H2,1-2H3. The van der Waals surface area contributed by atoms with Crippen LogP contribution in [-0.4, -0.2) is 37.6 Å². The van der Waals surface area contributed by atoms with Gasteiger partial charge in [-0.2, -0.15) is 0 Å². The van der Waals surface area contributed by atoms with E-state index >= 15 is 0 Å². The summed E-state index contributed by atoms with van der Waals surface area (Å²) in [4.78, 5) is 0. The van der Waals surface area contributed by atoms with Crippen LogP contribution in [0.3, 0.4) is 0 Å². The SMILES string of the molecule is CCC(CBr)(CBr)CCCOCCOC. The van der Waals surface area contributed by atoms with E-state index in [1.54, 1.807) is 7.11 Å². The third-order valence-electron chi connectivity index (χ3n) is 2.74. The Balaban J connectivity index is 3.54. The average molecular weight is 346 g/mol. The molecule has 15 heavy (non-hydrogen) atoms. The largest absolute Gasteiger partial charge is 0.382 e. The predicted molar refractivity (Wildman–Crippen MR) is 72.2 cm³/mol. The van der Waals surface area contributed by atoms with Gasteiger partial charge in [-0.05, 0) is 24.7 Å². The molecule has 0 aromatic heterocycles. The van der Waals surface area contributed by atoms with E-state index in [0.29, 0.717) is 18.6 Å². The van der Waals surface area contributed by atoms with Crippen LogP contribution in [-0.2, 0) is 9.47 Å². The Morgan fingerprint density at radius 3 is 2.20 bits per heavy atom. The van der Waals surface area contributed by atoms with Gasteiger partial charge in [-0.15, -0.1) is 0 Å². The normalized spacial score (nSPS) is 12.0. The molecule has 0 spiro atoms. The maximum Gasteiger partial charge on any atom is 0.0700 e. The Labute approximate surface area is 110 Å². The highest BCUT2D eigenvalue weighted by atomic mass is 79.9. The van der Waals surface area contributed by atoms with E-state index in [-0.39, 0.29) is 0 Å². The van der Waals surface area contributed by atoms with Gasteiger partial charge in [0.2, 0.25) is 0 Å². The van der Waals surface area contributed by atoms with Crippen LogP contribution in [0.5, 0.6) is 0 Å². The molecule has 0 rings (SSSR count). The van der Waals surface area contributed by atoms with Crippen molar-refractivity contribution in [1.29, 1.82) is 0 Å². The van der Waals surface area contributed by atoms with Gasteiger partial charge in [-0.1, -0.05) is 38.8 Å². The molecule has 0 aliphatic heterocycles. The first-order valence-corrected chi connectivity index (χ1v) is 7.67. The molecule has 92 valence electrons. The molecule has 0 aromatic carbocycles. The second-order valence-corrected chi connectivity index (χ2v) is 4.95. The molecule has 0 radical (unpaired) electrons. The minimum Gasteiger partial charge on any atom is -0.382 e. The summed E-state index contributed by atoms with van der Waals surface area (Å²) in [6, 6.07) is 0. The van der Waals surface area contributed by atoms with Gasteiger partial charge >= 0.3 is 0 Å². The van der Waals surface area contributed by atoms with Crippen molar-refractivity contribution in [2.45, 2.75) is 26.2 Å². The molecule has 0 heterocycles. The summed E-state index contributed by atoms with van der Waals surface area (Å²) < 4.78 is 10.4. The molecule has 4 heteroatoms. The summed E-state index contributed by atoms with van der Waals surface area (Å²) in [5.74, 6) is 0. The maximum atomic E-state index is 5.45. The maximum absolute atomic E-state index is 5.45. The van der Waals surface area contributed by atoms with Crippen LogP contribution in [0.1, 0.15) is 26.2 Å². The third-order valence-corrected chi connectivity index (χ3v) is 5.12. The summed E-state index contributed by atoms with van der Waals surface area (Å²) in [6.07, 6.45) is 3.52. The predicted octanol–water partition coefficient (Wildman–Crippen LogP) is 3.62. The molecule has 0 atom stereocenters. The monoisotopic (exact) mass is 344 g/mol. The Bertz CT molecular complexity index is 130. The van der Waals surface area contributed by atoms with Crippen LogP contribution in [0.15, 0.2) is 0 Å². The first-order chi connectivity index (χ1) is 7.24. The first-order valence-electron chi connectivity index (χ1n) is 5.43. The fourth-order valence-electron chi connectivity index (χ4n) is 1.33. The highest BCUT2D eigenvalue weighted by Gasteiger charge is 2.24. The first kappa shape index (κ1) is 15.9. The highest BCUT2D eigenvalue weighted by Crippen LogP contribution is 2.32. The molecule has 0 saturated carbocycles. The van der Waals surface area contributed by atoms with Crippen molar-refractivity contribution in [2.75, 3.05) is 37.6 Å². The molecule has 0 aromatic rings. The van der Waals surface area contributed by atoms with Crippen molar-refractivity contribution in [2.24, 2.45) is 5.41 Å². The summed E-state index contributed by atoms with van der Waals surface area (Å²) in [7, 11) is 1.70. The third kappa shape index (κ3) is 6.93. The molecule has 0 fully saturated rings. The fourth-order valence-corrected chi connectivity index (χ4v) is 3.61. The Kier molecular flexibility index (Phi) is 10.7. The van der Waals surface area contributed by atoms with Gasteiger partial charge in [0.15, 0.2) is 0 Å². The number of halogens is 2. The number of methoxy groups -OCH3 is 1. The van der Waals surface area contributed by atoms with Gasteiger partial charge in [0.05, 0.1) is 13.2 Å². The van der Waals surface area contributed by atoms with Gasteiger partial charge in [0, 0.05) is 24.4 Å². The van der Waals surface area contributed by atoms with Crippen molar-refractivity contribution in [3.63, 3.8) is 0 Å². The van der Waals surface area contributed by atoms with Crippen LogP contribution >= 0.6 is 31.9 Å². The summed E-state index contributed by atoms with van der Waals surface area (Å²) in [5, 5.41) is 2.11. The second-order valence-electron chi connectivity index (χ2n) is 3.83. The average Bonchev–Trinajstić information content (AvgIpc) is 2.29. The molecule has 0 aliphatic carbocycles. The fraction of sp³-hybridized carbons (Fsp3) is 1.00. The van der Waals surface area contributed by atoms with Crippen LogP contribution in [0, 0.1) is 5.41 Å². The Morgan fingerprint density at radius 2 is 1.73 bits per heavy atom. The van der Waals surface area contributed by atoms with E-state index in [0.717, 1.165) is 23.7 Å². The number of alkyl halides is 2. The van der Waals surface area contributed by atoms with E-state index in [4.69, 9.17) is 9.47 Å². The quantitative estimate of drug-likeness (QED) is 0.444. The van der Waals surface area contributed by atoms with Crippen molar-refractivity contribution < 1.29 is 9.47 Å². The summed E-state index contributed by atoms with van der Waals surface area (Å²) in [6.45, 7) is 4.48. The van der Waals surface area contributed by atoms with Crippen LogP contribution < -0.4 is 0 Å². The topological polar surface area (TPSA) is 18.5 Å². The molecule has 2 nitrogen and oxygen atoms in total. The zero-order chi connectivity index (χ0) is 11.6. The molecule has 0 amide bonds. The lowest BCUT2D eigenvalue weighted by Gasteiger charge is -2.28. The van der Waals surface area contributed by atoms with Gasteiger partial charge in [0.1, 0.15) is 0 Å². The highest BCUT2D eigenvalue weighted by molar-refractivity contribution is 9.09. The van der Waals surface area contributed by atoms with Gasteiger partial charge in [-0.25, -0.2) is 0 Å². The lowest BCUT2D eigenvalue weighted by molar-refractivity contribution is 0.0652. The number of hydrogen-bond donors (Lipinski definition) is 0. The van der Waals surface area contributed by atoms with Gasteiger partial charge in [-0.3, -0.25) is 0 Å². The zero-order valence-corrected chi connectivity index (χ0v) is 12.9.